The number of rotatable bonds is 6. The first-order valence-electron chi connectivity index (χ1n) is 13.6. The minimum Gasteiger partial charge on any atom is -0.444 e. The summed E-state index contributed by atoms with van der Waals surface area (Å²) in [6.07, 6.45) is 6.33. The summed E-state index contributed by atoms with van der Waals surface area (Å²) in [6, 6.07) is 13.0. The molecule has 5 rings (SSSR count). The van der Waals surface area contributed by atoms with Crippen LogP contribution in [0.2, 0.25) is 0 Å². The van der Waals surface area contributed by atoms with Crippen LogP contribution in [0.5, 0.6) is 0 Å². The van der Waals surface area contributed by atoms with Crippen molar-refractivity contribution in [2.45, 2.75) is 80.9 Å². The Labute approximate surface area is 242 Å². The molecule has 2 aromatic carbocycles. The maximum atomic E-state index is 12.9. The molecule has 1 aliphatic heterocycles. The Morgan fingerprint density at radius 1 is 1.07 bits per heavy atom. The summed E-state index contributed by atoms with van der Waals surface area (Å²) in [5.41, 5.74) is 1.26. The van der Waals surface area contributed by atoms with Crippen LogP contribution in [-0.2, 0) is 17.7 Å². The third kappa shape index (κ3) is 7.22. The highest BCUT2D eigenvalue weighted by Crippen LogP contribution is 2.39. The minimum atomic E-state index is -0.493. The number of benzene rings is 2. The molecular formula is C30H34N4O4S2. The average Bonchev–Trinajstić information content (AvgIpc) is 3.29. The molecule has 0 bridgehead atoms. The zero-order valence-electron chi connectivity index (χ0n) is 22.9. The maximum absolute atomic E-state index is 12.9. The number of carbonyl (C=O) groups is 3. The number of fused-ring (bicyclic) bond motifs is 2. The summed E-state index contributed by atoms with van der Waals surface area (Å²) in [5, 5.41) is 9.98. The van der Waals surface area contributed by atoms with Gasteiger partial charge >= 0.3 is 6.09 Å². The van der Waals surface area contributed by atoms with Gasteiger partial charge in [-0.1, -0.05) is 23.9 Å². The van der Waals surface area contributed by atoms with Crippen molar-refractivity contribution in [1.82, 2.24) is 15.6 Å². The lowest BCUT2D eigenvalue weighted by Crippen LogP contribution is -2.41. The number of hydrogen-bond acceptors (Lipinski definition) is 7. The van der Waals surface area contributed by atoms with Gasteiger partial charge in [0.15, 0.2) is 0 Å². The molecule has 8 nitrogen and oxygen atoms in total. The second kappa shape index (κ2) is 12.0. The van der Waals surface area contributed by atoms with Crippen LogP contribution < -0.4 is 16.0 Å². The van der Waals surface area contributed by atoms with Gasteiger partial charge in [0.1, 0.15) is 5.60 Å². The Balaban J connectivity index is 1.10. The van der Waals surface area contributed by atoms with E-state index in [1.54, 1.807) is 29.5 Å². The molecule has 3 N–H and O–H groups in total. The van der Waals surface area contributed by atoms with E-state index in [9.17, 15) is 14.4 Å². The molecule has 0 saturated heterocycles. The fourth-order valence-electron chi connectivity index (χ4n) is 4.93. The Kier molecular flexibility index (Phi) is 8.46. The van der Waals surface area contributed by atoms with E-state index in [2.05, 4.69) is 20.9 Å². The Hall–Kier alpha value is -3.37. The highest BCUT2D eigenvalue weighted by molar-refractivity contribution is 7.99. The Bertz CT molecular complexity index is 1410. The predicted molar refractivity (Wildman–Crippen MR) is 157 cm³/mol. The molecule has 0 radical (unpaired) electrons. The quantitative estimate of drug-likeness (QED) is 0.312. The summed E-state index contributed by atoms with van der Waals surface area (Å²) < 4.78 is 5.37. The van der Waals surface area contributed by atoms with Crippen LogP contribution in [0.3, 0.4) is 0 Å². The smallest absolute Gasteiger partial charge is 0.407 e. The van der Waals surface area contributed by atoms with E-state index in [4.69, 9.17) is 4.74 Å². The van der Waals surface area contributed by atoms with Gasteiger partial charge in [-0.25, -0.2) is 9.78 Å². The topological polar surface area (TPSA) is 109 Å². The van der Waals surface area contributed by atoms with Gasteiger partial charge in [-0.2, -0.15) is 0 Å². The summed E-state index contributed by atoms with van der Waals surface area (Å²) in [4.78, 5) is 45.0. The monoisotopic (exact) mass is 578 g/mol. The standard InChI is InChI=1S/C30H34N4O4S2/c1-30(2,3)38-29(37)33-20-11-8-18(9-12-20)14-26-31-16-21(39-26)17-32-27(35)19-10-13-25-23(15-19)34-28(36)22-6-4-5-7-24(22)40-25/h4-7,10,13,15-16,18,20H,8-9,11-12,14,17H2,1-3H3,(H,32,35)(H,33,37)(H,34,36). The van der Waals surface area contributed by atoms with Crippen LogP contribution in [0, 0.1) is 5.92 Å². The number of hydrogen-bond donors (Lipinski definition) is 3. The van der Waals surface area contributed by atoms with Crippen molar-refractivity contribution in [3.05, 3.63) is 69.7 Å². The van der Waals surface area contributed by atoms with Crippen molar-refractivity contribution in [3.63, 3.8) is 0 Å². The summed E-state index contributed by atoms with van der Waals surface area (Å²) in [5.74, 6) is 0.156. The SMILES string of the molecule is CC(C)(C)OC(=O)NC1CCC(Cc2ncc(CNC(=O)c3ccc4c(c3)NC(=O)c3ccccc3S4)s2)CC1. The number of amides is 3. The van der Waals surface area contributed by atoms with Gasteiger partial charge < -0.3 is 20.7 Å². The highest BCUT2D eigenvalue weighted by atomic mass is 32.2. The number of anilines is 1. The zero-order chi connectivity index (χ0) is 28.3. The molecule has 2 aliphatic rings. The van der Waals surface area contributed by atoms with Crippen LogP contribution >= 0.6 is 23.1 Å². The molecular weight excluding hydrogens is 544 g/mol. The second-order valence-corrected chi connectivity index (χ2v) is 13.5. The minimum absolute atomic E-state index is 0.156. The van der Waals surface area contributed by atoms with Crippen molar-refractivity contribution in [3.8, 4) is 0 Å². The van der Waals surface area contributed by atoms with Crippen molar-refractivity contribution >= 4 is 46.7 Å². The third-order valence-electron chi connectivity index (χ3n) is 6.90. The molecule has 1 aromatic heterocycles. The number of ether oxygens (including phenoxy) is 1. The molecule has 0 atom stereocenters. The number of alkyl carbamates (subject to hydrolysis) is 1. The fraction of sp³-hybridized carbons (Fsp3) is 0.400. The molecule has 1 fully saturated rings. The van der Waals surface area contributed by atoms with Crippen LogP contribution in [0.15, 0.2) is 58.5 Å². The summed E-state index contributed by atoms with van der Waals surface area (Å²) in [7, 11) is 0. The van der Waals surface area contributed by atoms with E-state index >= 15 is 0 Å². The first-order chi connectivity index (χ1) is 19.1. The molecule has 0 unspecified atom stereocenters. The number of thiazole rings is 1. The molecule has 40 heavy (non-hydrogen) atoms. The Morgan fingerprint density at radius 2 is 1.85 bits per heavy atom. The van der Waals surface area contributed by atoms with E-state index in [1.807, 2.05) is 51.2 Å². The van der Waals surface area contributed by atoms with Crippen LogP contribution in [0.1, 0.15) is 77.1 Å². The van der Waals surface area contributed by atoms with Crippen LogP contribution in [-0.4, -0.2) is 34.5 Å². The van der Waals surface area contributed by atoms with E-state index in [1.165, 1.54) is 11.8 Å². The predicted octanol–water partition coefficient (Wildman–Crippen LogP) is 6.42. The first-order valence-corrected chi connectivity index (χ1v) is 15.2. The van der Waals surface area contributed by atoms with Gasteiger partial charge in [0.25, 0.3) is 11.8 Å². The van der Waals surface area contributed by atoms with Gasteiger partial charge in [0.05, 0.1) is 22.8 Å². The molecule has 3 aromatic rings. The normalized spacial score (nSPS) is 18.5. The number of carbonyl (C=O) groups excluding carboxylic acids is 3. The molecule has 3 amide bonds. The largest absolute Gasteiger partial charge is 0.444 e. The summed E-state index contributed by atoms with van der Waals surface area (Å²) in [6.45, 7) is 6.00. The maximum Gasteiger partial charge on any atom is 0.407 e. The fourth-order valence-corrected chi connectivity index (χ4v) is 6.92. The van der Waals surface area contributed by atoms with Gasteiger partial charge in [-0.05, 0) is 82.7 Å². The lowest BCUT2D eigenvalue weighted by Gasteiger charge is -2.29. The lowest BCUT2D eigenvalue weighted by molar-refractivity contribution is 0.0487. The summed E-state index contributed by atoms with van der Waals surface area (Å²) >= 11 is 3.14. The first kappa shape index (κ1) is 28.2. The zero-order valence-corrected chi connectivity index (χ0v) is 24.5. The number of aromatic nitrogens is 1. The van der Waals surface area contributed by atoms with E-state index < -0.39 is 5.60 Å². The molecule has 2 heterocycles. The van der Waals surface area contributed by atoms with E-state index in [-0.39, 0.29) is 23.9 Å². The van der Waals surface area contributed by atoms with Gasteiger partial charge in [0.2, 0.25) is 0 Å². The van der Waals surface area contributed by atoms with Gasteiger partial charge in [0, 0.05) is 38.9 Å². The number of nitrogens with one attached hydrogen (secondary N) is 3. The van der Waals surface area contributed by atoms with E-state index in [0.29, 0.717) is 29.3 Å². The average molecular weight is 579 g/mol. The van der Waals surface area contributed by atoms with Crippen molar-refractivity contribution < 1.29 is 19.1 Å². The highest BCUT2D eigenvalue weighted by Gasteiger charge is 2.26. The second-order valence-electron chi connectivity index (χ2n) is 11.2. The van der Waals surface area contributed by atoms with Crippen molar-refractivity contribution in [2.24, 2.45) is 5.92 Å². The van der Waals surface area contributed by atoms with Crippen LogP contribution in [0.4, 0.5) is 10.5 Å². The van der Waals surface area contributed by atoms with Crippen molar-refractivity contribution in [1.29, 1.82) is 0 Å². The van der Waals surface area contributed by atoms with Crippen LogP contribution in [0.25, 0.3) is 0 Å². The molecule has 210 valence electrons. The Morgan fingerprint density at radius 3 is 2.62 bits per heavy atom. The number of nitrogens with zero attached hydrogens (tertiary/aromatic N) is 1. The molecule has 1 aliphatic carbocycles. The molecule has 10 heteroatoms. The van der Waals surface area contributed by atoms with Gasteiger partial charge in [-0.15, -0.1) is 11.3 Å². The lowest BCUT2D eigenvalue weighted by atomic mass is 9.84. The molecule has 0 spiro atoms. The molecule has 1 saturated carbocycles. The van der Waals surface area contributed by atoms with E-state index in [0.717, 1.165) is 51.8 Å². The third-order valence-corrected chi connectivity index (χ3v) is 9.07. The van der Waals surface area contributed by atoms with Gasteiger partial charge in [-0.3, -0.25) is 9.59 Å². The van der Waals surface area contributed by atoms with Crippen molar-refractivity contribution in [2.75, 3.05) is 5.32 Å².